The molecule has 3 aliphatic rings. The lowest BCUT2D eigenvalue weighted by Crippen LogP contribution is -2.51. The van der Waals surface area contributed by atoms with Crippen LogP contribution in [0.4, 0.5) is 5.82 Å². The number of carbonyl (C=O) groups is 1. The van der Waals surface area contributed by atoms with E-state index in [1.54, 1.807) is 11.5 Å². The lowest BCUT2D eigenvalue weighted by molar-refractivity contribution is -0.131. The second kappa shape index (κ2) is 7.58. The molecular formula is C19H25N5OS2. The van der Waals surface area contributed by atoms with E-state index in [2.05, 4.69) is 39.4 Å². The average Bonchev–Trinajstić information content (AvgIpc) is 3.48. The molecule has 5 rings (SSSR count). The van der Waals surface area contributed by atoms with Gasteiger partial charge in [0.1, 0.15) is 5.82 Å². The summed E-state index contributed by atoms with van der Waals surface area (Å²) in [7, 11) is 0. The molecule has 6 nitrogen and oxygen atoms in total. The summed E-state index contributed by atoms with van der Waals surface area (Å²) in [6.45, 7) is 5.93. The first-order valence-electron chi connectivity index (χ1n) is 9.73. The number of anilines is 1. The monoisotopic (exact) mass is 403 g/mol. The summed E-state index contributed by atoms with van der Waals surface area (Å²) in [5.74, 6) is 3.38. The molecule has 0 spiro atoms. The first-order chi connectivity index (χ1) is 13.3. The van der Waals surface area contributed by atoms with E-state index >= 15 is 0 Å². The van der Waals surface area contributed by atoms with Crippen molar-refractivity contribution < 1.29 is 4.79 Å². The van der Waals surface area contributed by atoms with Gasteiger partial charge in [0.15, 0.2) is 0 Å². The maximum atomic E-state index is 12.6. The van der Waals surface area contributed by atoms with Gasteiger partial charge in [0, 0.05) is 56.4 Å². The zero-order valence-electron chi connectivity index (χ0n) is 15.3. The van der Waals surface area contributed by atoms with Gasteiger partial charge in [-0.05, 0) is 30.1 Å². The van der Waals surface area contributed by atoms with Gasteiger partial charge >= 0.3 is 0 Å². The standard InChI is InChI=1S/C19H25N5OS2/c25-19(24-9-10-26-13-24)16-11-14(12-20-16)22-5-7-23(8-6-22)18-15-3-1-2-4-17(15)27-21-18/h1-4,14,16,20H,5-13H2/t14-,16-/m0/s1. The zero-order valence-corrected chi connectivity index (χ0v) is 17.0. The fourth-order valence-corrected chi connectivity index (χ4v) is 6.14. The molecule has 1 aromatic carbocycles. The van der Waals surface area contributed by atoms with Crippen LogP contribution in [0.3, 0.4) is 0 Å². The molecule has 3 aliphatic heterocycles. The minimum Gasteiger partial charge on any atom is -0.353 e. The topological polar surface area (TPSA) is 51.7 Å². The maximum Gasteiger partial charge on any atom is 0.240 e. The van der Waals surface area contributed by atoms with Crippen molar-refractivity contribution in [2.45, 2.75) is 18.5 Å². The Kier molecular flexibility index (Phi) is 4.98. The predicted molar refractivity (Wildman–Crippen MR) is 113 cm³/mol. The van der Waals surface area contributed by atoms with Crippen LogP contribution in [-0.2, 0) is 4.79 Å². The number of thioether (sulfide) groups is 1. The third-order valence-corrected chi connectivity index (χ3v) is 7.74. The van der Waals surface area contributed by atoms with Gasteiger partial charge in [-0.2, -0.15) is 4.37 Å². The minimum atomic E-state index is 0.00853. The van der Waals surface area contributed by atoms with Gasteiger partial charge in [0.05, 0.1) is 16.6 Å². The summed E-state index contributed by atoms with van der Waals surface area (Å²) in [5, 5.41) is 4.75. The van der Waals surface area contributed by atoms with Crippen molar-refractivity contribution in [1.29, 1.82) is 0 Å². The van der Waals surface area contributed by atoms with Crippen molar-refractivity contribution in [3.05, 3.63) is 24.3 Å². The normalized spacial score (nSPS) is 27.0. The largest absolute Gasteiger partial charge is 0.353 e. The molecule has 0 bridgehead atoms. The third kappa shape index (κ3) is 3.44. The van der Waals surface area contributed by atoms with E-state index in [0.29, 0.717) is 11.9 Å². The highest BCUT2D eigenvalue weighted by Gasteiger charge is 2.36. The molecule has 0 saturated carbocycles. The summed E-state index contributed by atoms with van der Waals surface area (Å²) in [5.41, 5.74) is 0. The number of piperazine rings is 1. The van der Waals surface area contributed by atoms with Crippen LogP contribution in [0.15, 0.2) is 24.3 Å². The second-order valence-corrected chi connectivity index (χ2v) is 9.39. The number of aromatic nitrogens is 1. The summed E-state index contributed by atoms with van der Waals surface area (Å²) < 4.78 is 5.97. The molecule has 4 heterocycles. The van der Waals surface area contributed by atoms with E-state index in [0.717, 1.165) is 63.1 Å². The van der Waals surface area contributed by atoms with Crippen molar-refractivity contribution in [3.8, 4) is 0 Å². The summed E-state index contributed by atoms with van der Waals surface area (Å²) in [6.07, 6.45) is 0.944. The molecular weight excluding hydrogens is 378 g/mol. The smallest absolute Gasteiger partial charge is 0.240 e. The first kappa shape index (κ1) is 17.7. The summed E-state index contributed by atoms with van der Waals surface area (Å²) >= 11 is 3.44. The predicted octanol–water partition coefficient (Wildman–Crippen LogP) is 1.68. The molecule has 3 saturated heterocycles. The Morgan fingerprint density at radius 3 is 2.81 bits per heavy atom. The van der Waals surface area contributed by atoms with Crippen LogP contribution in [0.1, 0.15) is 6.42 Å². The second-order valence-electron chi connectivity index (χ2n) is 7.51. The summed E-state index contributed by atoms with van der Waals surface area (Å²) in [6, 6.07) is 8.98. The Balaban J connectivity index is 1.18. The van der Waals surface area contributed by atoms with Crippen molar-refractivity contribution in [3.63, 3.8) is 0 Å². The molecule has 2 aromatic rings. The highest BCUT2D eigenvalue weighted by atomic mass is 32.2. The Hall–Kier alpha value is -1.35. The highest BCUT2D eigenvalue weighted by Crippen LogP contribution is 2.30. The quantitative estimate of drug-likeness (QED) is 0.842. The van der Waals surface area contributed by atoms with Crippen molar-refractivity contribution in [2.24, 2.45) is 0 Å². The van der Waals surface area contributed by atoms with Crippen molar-refractivity contribution in [1.82, 2.24) is 19.5 Å². The van der Waals surface area contributed by atoms with Gasteiger partial charge in [-0.3, -0.25) is 9.69 Å². The molecule has 0 unspecified atom stereocenters. The van der Waals surface area contributed by atoms with Crippen LogP contribution < -0.4 is 10.2 Å². The van der Waals surface area contributed by atoms with E-state index in [1.165, 1.54) is 10.1 Å². The Bertz CT molecular complexity index is 813. The molecule has 0 aliphatic carbocycles. The van der Waals surface area contributed by atoms with Crippen LogP contribution in [0.25, 0.3) is 10.1 Å². The maximum absolute atomic E-state index is 12.6. The number of carbonyl (C=O) groups excluding carboxylic acids is 1. The average molecular weight is 404 g/mol. The van der Waals surface area contributed by atoms with Crippen LogP contribution in [0.5, 0.6) is 0 Å². The lowest BCUT2D eigenvalue weighted by Gasteiger charge is -2.38. The van der Waals surface area contributed by atoms with E-state index in [9.17, 15) is 4.79 Å². The van der Waals surface area contributed by atoms with E-state index < -0.39 is 0 Å². The number of rotatable bonds is 3. The van der Waals surface area contributed by atoms with Crippen LogP contribution in [0.2, 0.25) is 0 Å². The van der Waals surface area contributed by atoms with E-state index in [1.807, 2.05) is 16.7 Å². The molecule has 3 fully saturated rings. The van der Waals surface area contributed by atoms with Crippen molar-refractivity contribution >= 4 is 45.1 Å². The first-order valence-corrected chi connectivity index (χ1v) is 11.7. The molecule has 0 radical (unpaired) electrons. The fourth-order valence-electron chi connectivity index (χ4n) is 4.39. The fraction of sp³-hybridized carbons (Fsp3) is 0.579. The SMILES string of the molecule is O=C([C@@H]1C[C@H](N2CCN(c3nsc4ccccc34)CC2)CN1)N1CCSC1. The van der Waals surface area contributed by atoms with E-state index in [4.69, 9.17) is 4.37 Å². The molecule has 27 heavy (non-hydrogen) atoms. The number of benzene rings is 1. The molecule has 1 aromatic heterocycles. The molecule has 1 N–H and O–H groups in total. The number of amides is 1. The zero-order chi connectivity index (χ0) is 18.2. The Morgan fingerprint density at radius 2 is 2.00 bits per heavy atom. The van der Waals surface area contributed by atoms with Gasteiger partial charge in [-0.25, -0.2) is 0 Å². The molecule has 1 amide bonds. The van der Waals surface area contributed by atoms with Gasteiger partial charge in [0.2, 0.25) is 5.91 Å². The van der Waals surface area contributed by atoms with Crippen LogP contribution in [0, 0.1) is 0 Å². The van der Waals surface area contributed by atoms with Gasteiger partial charge in [-0.1, -0.05) is 12.1 Å². The Labute approximate surface area is 168 Å². The van der Waals surface area contributed by atoms with Crippen LogP contribution in [-0.4, -0.2) is 83.1 Å². The molecule has 2 atom stereocenters. The molecule has 144 valence electrons. The van der Waals surface area contributed by atoms with Crippen LogP contribution >= 0.6 is 23.3 Å². The van der Waals surface area contributed by atoms with Gasteiger partial charge in [-0.15, -0.1) is 11.8 Å². The van der Waals surface area contributed by atoms with Gasteiger partial charge in [0.25, 0.3) is 0 Å². The Morgan fingerprint density at radius 1 is 1.15 bits per heavy atom. The number of fused-ring (bicyclic) bond motifs is 1. The van der Waals surface area contributed by atoms with Crippen molar-refractivity contribution in [2.75, 3.05) is 55.8 Å². The minimum absolute atomic E-state index is 0.00853. The van der Waals surface area contributed by atoms with E-state index in [-0.39, 0.29) is 6.04 Å². The lowest BCUT2D eigenvalue weighted by atomic mass is 10.1. The molecule has 8 heteroatoms. The number of hydrogen-bond donors (Lipinski definition) is 1. The third-order valence-electron chi connectivity index (χ3n) is 5.96. The number of hydrogen-bond acceptors (Lipinski definition) is 7. The highest BCUT2D eigenvalue weighted by molar-refractivity contribution is 7.99. The number of nitrogens with one attached hydrogen (secondary N) is 1. The van der Waals surface area contributed by atoms with Gasteiger partial charge < -0.3 is 15.1 Å². The summed E-state index contributed by atoms with van der Waals surface area (Å²) in [4.78, 5) is 19.6. The number of nitrogens with zero attached hydrogens (tertiary/aromatic N) is 4.